The van der Waals surface area contributed by atoms with E-state index in [0.717, 1.165) is 5.56 Å². The maximum Gasteiger partial charge on any atom is 0.295 e. The summed E-state index contributed by atoms with van der Waals surface area (Å²) in [5.74, 6) is -1.74. The molecular formula is C28H26FNO5. The average Bonchev–Trinajstić information content (AvgIpc) is 3.13. The van der Waals surface area contributed by atoms with Crippen LogP contribution in [0.25, 0.3) is 5.76 Å². The van der Waals surface area contributed by atoms with Gasteiger partial charge in [-0.3, -0.25) is 9.59 Å². The summed E-state index contributed by atoms with van der Waals surface area (Å²) in [6.07, 6.45) is 0.515. The van der Waals surface area contributed by atoms with Crippen LogP contribution in [0, 0.1) is 5.82 Å². The van der Waals surface area contributed by atoms with Crippen LogP contribution in [0.15, 0.2) is 84.4 Å². The Morgan fingerprint density at radius 3 is 2.46 bits per heavy atom. The molecule has 1 heterocycles. The third-order valence-electron chi connectivity index (χ3n) is 5.83. The van der Waals surface area contributed by atoms with Crippen LogP contribution in [-0.4, -0.2) is 42.0 Å². The van der Waals surface area contributed by atoms with Crippen molar-refractivity contribution in [2.45, 2.75) is 19.1 Å². The summed E-state index contributed by atoms with van der Waals surface area (Å²) in [7, 11) is 1.56. The normalized spacial score (nSPS) is 17.1. The predicted molar refractivity (Wildman–Crippen MR) is 129 cm³/mol. The number of carbonyl (C=O) groups excluding carboxylic acids is 2. The van der Waals surface area contributed by atoms with Gasteiger partial charge in [0.1, 0.15) is 23.9 Å². The third kappa shape index (κ3) is 5.41. The maximum absolute atomic E-state index is 13.4. The number of nitrogens with zero attached hydrogens (tertiary/aromatic N) is 1. The molecule has 4 rings (SSSR count). The summed E-state index contributed by atoms with van der Waals surface area (Å²) in [4.78, 5) is 27.5. The maximum atomic E-state index is 13.4. The van der Waals surface area contributed by atoms with Gasteiger partial charge in [0.2, 0.25) is 0 Å². The van der Waals surface area contributed by atoms with Gasteiger partial charge in [-0.15, -0.1) is 0 Å². The van der Waals surface area contributed by atoms with Gasteiger partial charge in [-0.25, -0.2) is 4.39 Å². The van der Waals surface area contributed by atoms with Crippen LogP contribution in [0.1, 0.15) is 29.2 Å². The minimum absolute atomic E-state index is 0.0424. The molecule has 6 nitrogen and oxygen atoms in total. The molecule has 1 amide bonds. The smallest absolute Gasteiger partial charge is 0.295 e. The zero-order valence-electron chi connectivity index (χ0n) is 19.3. The van der Waals surface area contributed by atoms with Gasteiger partial charge in [0.05, 0.1) is 11.6 Å². The highest BCUT2D eigenvalue weighted by molar-refractivity contribution is 6.46. The number of hydrogen-bond acceptors (Lipinski definition) is 5. The first-order valence-corrected chi connectivity index (χ1v) is 11.3. The van der Waals surface area contributed by atoms with E-state index in [2.05, 4.69) is 0 Å². The highest BCUT2D eigenvalue weighted by Crippen LogP contribution is 2.40. The molecular weight excluding hydrogens is 449 g/mol. The fraction of sp³-hybridized carbons (Fsp3) is 0.214. The second-order valence-corrected chi connectivity index (χ2v) is 8.19. The molecule has 180 valence electrons. The number of ketones is 1. The van der Waals surface area contributed by atoms with Gasteiger partial charge in [-0.1, -0.05) is 42.5 Å². The molecule has 0 saturated carbocycles. The van der Waals surface area contributed by atoms with Crippen molar-refractivity contribution in [1.29, 1.82) is 0 Å². The molecule has 0 aliphatic carbocycles. The molecule has 35 heavy (non-hydrogen) atoms. The Morgan fingerprint density at radius 2 is 1.74 bits per heavy atom. The molecule has 3 aromatic carbocycles. The number of methoxy groups -OCH3 is 1. The predicted octanol–water partition coefficient (Wildman–Crippen LogP) is 4.86. The van der Waals surface area contributed by atoms with Crippen LogP contribution in [0.2, 0.25) is 0 Å². The molecule has 1 unspecified atom stereocenters. The zero-order chi connectivity index (χ0) is 24.8. The van der Waals surface area contributed by atoms with E-state index in [1.165, 1.54) is 29.2 Å². The lowest BCUT2D eigenvalue weighted by Crippen LogP contribution is -2.31. The molecule has 1 N–H and O–H groups in total. The molecule has 3 aromatic rings. The quantitative estimate of drug-likeness (QED) is 0.207. The van der Waals surface area contributed by atoms with Gasteiger partial charge in [-0.2, -0.15) is 0 Å². The van der Waals surface area contributed by atoms with Crippen LogP contribution >= 0.6 is 0 Å². The topological polar surface area (TPSA) is 76.1 Å². The molecule has 1 aliphatic heterocycles. The van der Waals surface area contributed by atoms with E-state index < -0.39 is 23.5 Å². The lowest BCUT2D eigenvalue weighted by molar-refractivity contribution is -0.140. The standard InChI is InChI=1S/C28H26FNO5/c1-34-16-6-15-30-25(21-9-5-10-23(17-21)35-18-19-7-3-2-4-8-19)24(27(32)28(30)33)26(31)20-11-13-22(29)14-12-20/h2-5,7-14,17,25,31H,6,15-16,18H2,1H3. The van der Waals surface area contributed by atoms with Crippen LogP contribution in [0.4, 0.5) is 4.39 Å². The van der Waals surface area contributed by atoms with E-state index in [1.54, 1.807) is 31.4 Å². The van der Waals surface area contributed by atoms with Crippen molar-refractivity contribution < 1.29 is 28.6 Å². The summed E-state index contributed by atoms with van der Waals surface area (Å²) < 4.78 is 24.5. The molecule has 1 aliphatic rings. The van der Waals surface area contributed by atoms with Gasteiger partial charge < -0.3 is 19.5 Å². The van der Waals surface area contributed by atoms with E-state index in [-0.39, 0.29) is 23.4 Å². The minimum Gasteiger partial charge on any atom is -0.507 e. The monoisotopic (exact) mass is 475 g/mol. The van der Waals surface area contributed by atoms with Gasteiger partial charge in [0.25, 0.3) is 11.7 Å². The average molecular weight is 476 g/mol. The number of aliphatic hydroxyl groups excluding tert-OH is 1. The first kappa shape index (κ1) is 24.2. The van der Waals surface area contributed by atoms with Crippen LogP contribution in [-0.2, 0) is 20.9 Å². The second kappa shape index (κ2) is 11.0. The summed E-state index contributed by atoms with van der Waals surface area (Å²) in [6.45, 7) is 1.03. The molecule has 0 radical (unpaired) electrons. The molecule has 7 heteroatoms. The van der Waals surface area contributed by atoms with E-state index >= 15 is 0 Å². The Kier molecular flexibility index (Phi) is 7.57. The third-order valence-corrected chi connectivity index (χ3v) is 5.83. The summed E-state index contributed by atoms with van der Waals surface area (Å²) in [5, 5.41) is 11.0. The van der Waals surface area contributed by atoms with Gasteiger partial charge >= 0.3 is 0 Å². The molecule has 0 spiro atoms. The van der Waals surface area contributed by atoms with Crippen molar-refractivity contribution >= 4 is 17.4 Å². The summed E-state index contributed by atoms with van der Waals surface area (Å²) in [6, 6.07) is 21.1. The number of amides is 1. The highest BCUT2D eigenvalue weighted by Gasteiger charge is 2.45. The molecule has 1 atom stereocenters. The van der Waals surface area contributed by atoms with Crippen LogP contribution < -0.4 is 4.74 Å². The first-order valence-electron chi connectivity index (χ1n) is 11.3. The van der Waals surface area contributed by atoms with Crippen molar-refractivity contribution in [2.75, 3.05) is 20.3 Å². The summed E-state index contributed by atoms with van der Waals surface area (Å²) >= 11 is 0. The second-order valence-electron chi connectivity index (χ2n) is 8.19. The van der Waals surface area contributed by atoms with E-state index in [4.69, 9.17) is 9.47 Å². The van der Waals surface area contributed by atoms with Gasteiger partial charge in [0.15, 0.2) is 0 Å². The number of halogens is 1. The van der Waals surface area contributed by atoms with Gasteiger partial charge in [-0.05, 0) is 53.9 Å². The van der Waals surface area contributed by atoms with Crippen LogP contribution in [0.5, 0.6) is 5.75 Å². The fourth-order valence-electron chi connectivity index (χ4n) is 4.12. The largest absolute Gasteiger partial charge is 0.507 e. The fourth-order valence-corrected chi connectivity index (χ4v) is 4.12. The van der Waals surface area contributed by atoms with E-state index in [0.29, 0.717) is 30.9 Å². The molecule has 0 bridgehead atoms. The SMILES string of the molecule is COCCCN1C(=O)C(=O)C(=C(O)c2ccc(F)cc2)C1c1cccc(OCc2ccccc2)c1. The minimum atomic E-state index is -0.822. The summed E-state index contributed by atoms with van der Waals surface area (Å²) in [5.41, 5.74) is 1.83. The highest BCUT2D eigenvalue weighted by atomic mass is 19.1. The van der Waals surface area contributed by atoms with Crippen molar-refractivity contribution in [3.63, 3.8) is 0 Å². The Bertz CT molecular complexity index is 1220. The molecule has 1 fully saturated rings. The number of aliphatic hydroxyl groups is 1. The van der Waals surface area contributed by atoms with Crippen LogP contribution in [0.3, 0.4) is 0 Å². The van der Waals surface area contributed by atoms with Crippen molar-refractivity contribution in [1.82, 2.24) is 4.90 Å². The van der Waals surface area contributed by atoms with Gasteiger partial charge in [0, 0.05) is 25.8 Å². The number of ether oxygens (including phenoxy) is 2. The Balaban J connectivity index is 1.72. The molecule has 1 saturated heterocycles. The number of carbonyl (C=O) groups is 2. The Morgan fingerprint density at radius 1 is 1.00 bits per heavy atom. The number of benzene rings is 3. The number of rotatable bonds is 9. The van der Waals surface area contributed by atoms with E-state index in [9.17, 15) is 19.1 Å². The first-order chi connectivity index (χ1) is 17.0. The van der Waals surface area contributed by atoms with Crippen molar-refractivity contribution in [3.05, 3.63) is 107 Å². The lowest BCUT2D eigenvalue weighted by Gasteiger charge is -2.25. The Labute approximate surface area is 203 Å². The lowest BCUT2D eigenvalue weighted by atomic mass is 9.95. The van der Waals surface area contributed by atoms with E-state index in [1.807, 2.05) is 30.3 Å². The number of likely N-dealkylation sites (tertiary alicyclic amines) is 1. The van der Waals surface area contributed by atoms with Crippen molar-refractivity contribution in [3.8, 4) is 5.75 Å². The number of hydrogen-bond donors (Lipinski definition) is 1. The Hall–Kier alpha value is -3.97. The van der Waals surface area contributed by atoms with Crippen molar-refractivity contribution in [2.24, 2.45) is 0 Å². The number of Topliss-reactive ketones (excluding diaryl/α,β-unsaturated/α-hetero) is 1. The zero-order valence-corrected chi connectivity index (χ0v) is 19.3. The molecule has 0 aromatic heterocycles.